The third kappa shape index (κ3) is 4.13. The fourth-order valence-electron chi connectivity index (χ4n) is 4.54. The Morgan fingerprint density at radius 2 is 1.86 bits per heavy atom. The highest BCUT2D eigenvalue weighted by molar-refractivity contribution is 5.87. The molecule has 0 saturated carbocycles. The fourth-order valence-corrected chi connectivity index (χ4v) is 4.54. The predicted molar refractivity (Wildman–Crippen MR) is 112 cm³/mol. The third-order valence-corrected chi connectivity index (χ3v) is 6.26. The first-order valence-electron chi connectivity index (χ1n) is 10.5. The quantitative estimate of drug-likeness (QED) is 0.801. The van der Waals surface area contributed by atoms with E-state index in [1.54, 1.807) is 0 Å². The van der Waals surface area contributed by atoms with E-state index in [1.165, 1.54) is 0 Å². The molecule has 3 heterocycles. The Kier molecular flexibility index (Phi) is 5.81. The van der Waals surface area contributed by atoms with E-state index in [0.29, 0.717) is 39.3 Å². The number of hydrogen-bond acceptors (Lipinski definition) is 4. The molecule has 29 heavy (non-hydrogen) atoms. The average molecular weight is 396 g/mol. The number of aryl methyl sites for hydroxylation is 2. The number of benzene rings is 1. The number of morpholine rings is 1. The molecule has 1 aromatic carbocycles. The zero-order valence-corrected chi connectivity index (χ0v) is 17.3. The molecular formula is C23H29N3O3. The fraction of sp³-hybridized carbons (Fsp3) is 0.522. The van der Waals surface area contributed by atoms with E-state index in [9.17, 15) is 9.59 Å². The lowest BCUT2D eigenvalue weighted by molar-refractivity contribution is -0.143. The molecule has 2 aliphatic heterocycles. The second kappa shape index (κ2) is 8.49. The van der Waals surface area contributed by atoms with Crippen LogP contribution in [0.25, 0.3) is 10.9 Å². The molecule has 154 valence electrons. The first-order valence-corrected chi connectivity index (χ1v) is 10.5. The normalized spacial score (nSPS) is 20.1. The molecule has 2 aromatic rings. The van der Waals surface area contributed by atoms with Gasteiger partial charge in [0.25, 0.3) is 0 Å². The van der Waals surface area contributed by atoms with Crippen molar-refractivity contribution in [1.82, 2.24) is 14.8 Å². The third-order valence-electron chi connectivity index (χ3n) is 6.26. The number of aromatic nitrogens is 1. The van der Waals surface area contributed by atoms with Gasteiger partial charge in [-0.3, -0.25) is 14.6 Å². The number of fused-ring (bicyclic) bond motifs is 1. The van der Waals surface area contributed by atoms with E-state index in [-0.39, 0.29) is 17.7 Å². The second-order valence-corrected chi connectivity index (χ2v) is 8.11. The molecular weight excluding hydrogens is 366 g/mol. The van der Waals surface area contributed by atoms with Gasteiger partial charge in [-0.2, -0.15) is 0 Å². The maximum Gasteiger partial charge on any atom is 0.227 e. The van der Waals surface area contributed by atoms with E-state index < -0.39 is 0 Å². The highest BCUT2D eigenvalue weighted by Gasteiger charge is 2.32. The summed E-state index contributed by atoms with van der Waals surface area (Å²) in [6.45, 7) is 7.82. The van der Waals surface area contributed by atoms with Gasteiger partial charge in [0.15, 0.2) is 0 Å². The van der Waals surface area contributed by atoms with E-state index in [0.717, 1.165) is 47.1 Å². The van der Waals surface area contributed by atoms with Crippen LogP contribution in [0.3, 0.4) is 0 Å². The molecule has 2 aliphatic rings. The Bertz CT molecular complexity index is 921. The predicted octanol–water partition coefficient (Wildman–Crippen LogP) is 2.49. The molecule has 2 fully saturated rings. The van der Waals surface area contributed by atoms with E-state index in [1.807, 2.05) is 34.9 Å². The minimum Gasteiger partial charge on any atom is -0.378 e. The second-order valence-electron chi connectivity index (χ2n) is 8.11. The van der Waals surface area contributed by atoms with E-state index in [2.05, 4.69) is 13.0 Å². The van der Waals surface area contributed by atoms with Gasteiger partial charge in [-0.05, 0) is 43.9 Å². The molecule has 0 N–H and O–H groups in total. The highest BCUT2D eigenvalue weighted by Crippen LogP contribution is 2.25. The molecule has 6 heteroatoms. The molecule has 6 nitrogen and oxygen atoms in total. The summed E-state index contributed by atoms with van der Waals surface area (Å²) in [5.41, 5.74) is 4.01. The number of carbonyl (C=O) groups excluding carboxylic acids is 2. The molecule has 1 aromatic heterocycles. The van der Waals surface area contributed by atoms with Crippen molar-refractivity contribution in [2.45, 2.75) is 33.1 Å². The number of nitrogens with zero attached hydrogens (tertiary/aromatic N) is 3. The molecule has 0 spiro atoms. The van der Waals surface area contributed by atoms with Crippen LogP contribution in [0.5, 0.6) is 0 Å². The van der Waals surface area contributed by atoms with Crippen LogP contribution < -0.4 is 0 Å². The van der Waals surface area contributed by atoms with Crippen molar-refractivity contribution in [2.24, 2.45) is 5.92 Å². The number of pyridine rings is 1. The van der Waals surface area contributed by atoms with Crippen molar-refractivity contribution < 1.29 is 14.3 Å². The van der Waals surface area contributed by atoms with Crippen LogP contribution in [0.1, 0.15) is 29.7 Å². The maximum absolute atomic E-state index is 13.1. The Hall–Kier alpha value is -2.47. The first kappa shape index (κ1) is 19.8. The SMILES string of the molecule is Cc1nc2ccccc2c(C)c1CC(=O)N1CCCC(C(=O)N2CCOCC2)C1. The van der Waals surface area contributed by atoms with Crippen LogP contribution in [-0.4, -0.2) is 66.0 Å². The Labute approximate surface area is 171 Å². The van der Waals surface area contributed by atoms with Crippen molar-refractivity contribution in [3.8, 4) is 0 Å². The molecule has 4 rings (SSSR count). The smallest absolute Gasteiger partial charge is 0.227 e. The van der Waals surface area contributed by atoms with Gasteiger partial charge in [-0.15, -0.1) is 0 Å². The van der Waals surface area contributed by atoms with Crippen molar-refractivity contribution in [3.63, 3.8) is 0 Å². The highest BCUT2D eigenvalue weighted by atomic mass is 16.5. The summed E-state index contributed by atoms with van der Waals surface area (Å²) in [5.74, 6) is 0.168. The van der Waals surface area contributed by atoms with Crippen LogP contribution >= 0.6 is 0 Å². The van der Waals surface area contributed by atoms with Crippen molar-refractivity contribution in [1.29, 1.82) is 0 Å². The van der Waals surface area contributed by atoms with Gasteiger partial charge in [-0.25, -0.2) is 0 Å². The summed E-state index contributed by atoms with van der Waals surface area (Å²) in [7, 11) is 0. The molecule has 2 saturated heterocycles. The summed E-state index contributed by atoms with van der Waals surface area (Å²) >= 11 is 0. The lowest BCUT2D eigenvalue weighted by Gasteiger charge is -2.36. The van der Waals surface area contributed by atoms with Crippen molar-refractivity contribution in [3.05, 3.63) is 41.1 Å². The molecule has 2 amide bonds. The number of para-hydroxylation sites is 1. The van der Waals surface area contributed by atoms with Gasteiger partial charge in [-0.1, -0.05) is 18.2 Å². The molecule has 1 atom stereocenters. The van der Waals surface area contributed by atoms with Crippen molar-refractivity contribution in [2.75, 3.05) is 39.4 Å². The Morgan fingerprint density at radius 1 is 1.10 bits per heavy atom. The zero-order chi connectivity index (χ0) is 20.4. The standard InChI is InChI=1S/C23H29N3O3/c1-16-19-7-3-4-8-21(19)24-17(2)20(16)14-22(27)26-9-5-6-18(15-26)23(28)25-10-12-29-13-11-25/h3-4,7-8,18H,5-6,9-15H2,1-2H3. The first-order chi connectivity index (χ1) is 14.0. The van der Waals surface area contributed by atoms with Crippen LogP contribution in [0, 0.1) is 19.8 Å². The Balaban J connectivity index is 1.47. The van der Waals surface area contributed by atoms with E-state index in [4.69, 9.17) is 9.72 Å². The van der Waals surface area contributed by atoms with Gasteiger partial charge in [0.2, 0.25) is 11.8 Å². The van der Waals surface area contributed by atoms with Gasteiger partial charge >= 0.3 is 0 Å². The number of carbonyl (C=O) groups is 2. The lowest BCUT2D eigenvalue weighted by Crippen LogP contribution is -2.49. The summed E-state index contributed by atoms with van der Waals surface area (Å²) in [4.78, 5) is 34.4. The zero-order valence-electron chi connectivity index (χ0n) is 17.3. The minimum absolute atomic E-state index is 0.0905. The van der Waals surface area contributed by atoms with Crippen LogP contribution in [0.15, 0.2) is 24.3 Å². The average Bonchev–Trinajstić information content (AvgIpc) is 2.76. The topological polar surface area (TPSA) is 62.7 Å². The summed E-state index contributed by atoms with van der Waals surface area (Å²) in [5, 5.41) is 1.10. The lowest BCUT2D eigenvalue weighted by atomic mass is 9.94. The number of amides is 2. The van der Waals surface area contributed by atoms with Gasteiger partial charge in [0, 0.05) is 37.3 Å². The van der Waals surface area contributed by atoms with Gasteiger partial charge < -0.3 is 14.5 Å². The molecule has 0 aliphatic carbocycles. The Morgan fingerprint density at radius 3 is 2.66 bits per heavy atom. The number of hydrogen-bond donors (Lipinski definition) is 0. The number of piperidine rings is 1. The summed E-state index contributed by atoms with van der Waals surface area (Å²) in [6.07, 6.45) is 2.07. The summed E-state index contributed by atoms with van der Waals surface area (Å²) in [6, 6.07) is 8.05. The van der Waals surface area contributed by atoms with Crippen molar-refractivity contribution >= 4 is 22.7 Å². The maximum atomic E-state index is 13.1. The van der Waals surface area contributed by atoms with Crippen LogP contribution in [0.4, 0.5) is 0 Å². The molecule has 0 radical (unpaired) electrons. The largest absolute Gasteiger partial charge is 0.378 e. The van der Waals surface area contributed by atoms with Gasteiger partial charge in [0.1, 0.15) is 0 Å². The summed E-state index contributed by atoms with van der Waals surface area (Å²) < 4.78 is 5.35. The molecule has 0 bridgehead atoms. The van der Waals surface area contributed by atoms with Crippen LogP contribution in [-0.2, 0) is 20.7 Å². The number of ether oxygens (including phenoxy) is 1. The monoisotopic (exact) mass is 395 g/mol. The van der Waals surface area contributed by atoms with Gasteiger partial charge in [0.05, 0.1) is 31.1 Å². The minimum atomic E-state index is -0.0947. The van der Waals surface area contributed by atoms with E-state index >= 15 is 0 Å². The van der Waals surface area contributed by atoms with Crippen LogP contribution in [0.2, 0.25) is 0 Å². The number of rotatable bonds is 3. The molecule has 1 unspecified atom stereocenters. The number of likely N-dealkylation sites (tertiary alicyclic amines) is 1.